The van der Waals surface area contributed by atoms with Crippen molar-refractivity contribution in [2.45, 2.75) is 26.8 Å². The average Bonchev–Trinajstić information content (AvgIpc) is 2.56. The molecule has 0 saturated heterocycles. The second kappa shape index (κ2) is 8.08. The molecule has 120 valence electrons. The zero-order valence-corrected chi connectivity index (χ0v) is 13.5. The largest absolute Gasteiger partial charge is 0.329 e. The van der Waals surface area contributed by atoms with Crippen LogP contribution in [-0.4, -0.2) is 28.2 Å². The van der Waals surface area contributed by atoms with E-state index in [4.69, 9.17) is 0 Å². The molecular weight excluding hydrogens is 290 g/mol. The molecule has 0 aliphatic carbocycles. The summed E-state index contributed by atoms with van der Waals surface area (Å²) < 4.78 is 0. The molecule has 1 aromatic heterocycles. The van der Waals surface area contributed by atoms with Gasteiger partial charge in [0.25, 0.3) is 0 Å². The number of anilines is 1. The first-order valence-electron chi connectivity index (χ1n) is 7.61. The van der Waals surface area contributed by atoms with Gasteiger partial charge in [-0.05, 0) is 41.8 Å². The normalized spacial score (nSPS) is 10.2. The zero-order chi connectivity index (χ0) is 16.7. The predicted molar refractivity (Wildman–Crippen MR) is 89.8 cm³/mol. The average molecular weight is 311 g/mol. The van der Waals surface area contributed by atoms with Crippen LogP contribution in [0.3, 0.4) is 0 Å². The molecule has 1 N–H and O–H groups in total. The molecule has 2 amide bonds. The van der Waals surface area contributed by atoms with Gasteiger partial charge in [0.1, 0.15) is 6.54 Å². The van der Waals surface area contributed by atoms with Gasteiger partial charge in [-0.15, -0.1) is 0 Å². The van der Waals surface area contributed by atoms with Crippen molar-refractivity contribution in [3.8, 4) is 0 Å². The number of amides is 2. The van der Waals surface area contributed by atoms with E-state index in [0.717, 1.165) is 17.7 Å². The number of benzene rings is 1. The maximum atomic E-state index is 12.2. The van der Waals surface area contributed by atoms with Crippen LogP contribution in [0.15, 0.2) is 48.8 Å². The highest BCUT2D eigenvalue weighted by atomic mass is 16.2. The van der Waals surface area contributed by atoms with Crippen molar-refractivity contribution in [3.63, 3.8) is 0 Å². The third-order valence-corrected chi connectivity index (χ3v) is 3.55. The van der Waals surface area contributed by atoms with Gasteiger partial charge in [-0.2, -0.15) is 0 Å². The van der Waals surface area contributed by atoms with E-state index in [-0.39, 0.29) is 18.4 Å². The van der Waals surface area contributed by atoms with Gasteiger partial charge in [0.2, 0.25) is 11.8 Å². The van der Waals surface area contributed by atoms with E-state index in [1.807, 2.05) is 36.4 Å². The molecule has 2 rings (SSSR count). The van der Waals surface area contributed by atoms with Crippen molar-refractivity contribution < 1.29 is 9.59 Å². The van der Waals surface area contributed by atoms with Gasteiger partial charge >= 0.3 is 0 Å². The predicted octanol–water partition coefficient (Wildman–Crippen LogP) is 2.63. The number of aryl methyl sites for hydroxylation is 1. The Balaban J connectivity index is 1.96. The van der Waals surface area contributed by atoms with Gasteiger partial charge in [-0.3, -0.25) is 14.6 Å². The van der Waals surface area contributed by atoms with Crippen LogP contribution in [0.5, 0.6) is 0 Å². The number of hydrogen-bond acceptors (Lipinski definition) is 3. The molecule has 0 aliphatic heterocycles. The van der Waals surface area contributed by atoms with Crippen molar-refractivity contribution in [2.24, 2.45) is 0 Å². The summed E-state index contributed by atoms with van der Waals surface area (Å²) in [6, 6.07) is 11.4. The number of hydrogen-bond donors (Lipinski definition) is 1. The van der Waals surface area contributed by atoms with Crippen LogP contribution in [0.4, 0.5) is 5.69 Å². The molecule has 0 saturated carbocycles. The molecule has 0 radical (unpaired) electrons. The molecule has 5 nitrogen and oxygen atoms in total. The van der Waals surface area contributed by atoms with Gasteiger partial charge in [-0.25, -0.2) is 0 Å². The second-order valence-electron chi connectivity index (χ2n) is 5.33. The molecule has 0 bridgehead atoms. The van der Waals surface area contributed by atoms with E-state index in [1.165, 1.54) is 17.4 Å². The summed E-state index contributed by atoms with van der Waals surface area (Å²) in [7, 11) is 0. The fourth-order valence-electron chi connectivity index (χ4n) is 2.18. The Bertz CT molecular complexity index is 654. The Hall–Kier alpha value is -2.69. The number of carbonyl (C=O) groups is 2. The van der Waals surface area contributed by atoms with E-state index in [1.54, 1.807) is 12.4 Å². The number of rotatable bonds is 6. The lowest BCUT2D eigenvalue weighted by Crippen LogP contribution is -2.36. The van der Waals surface area contributed by atoms with Gasteiger partial charge in [0.15, 0.2) is 0 Å². The lowest BCUT2D eigenvalue weighted by atomic mass is 10.1. The van der Waals surface area contributed by atoms with Gasteiger partial charge in [0.05, 0.1) is 0 Å². The molecule has 0 unspecified atom stereocenters. The lowest BCUT2D eigenvalue weighted by Gasteiger charge is -2.20. The van der Waals surface area contributed by atoms with E-state index < -0.39 is 0 Å². The second-order valence-corrected chi connectivity index (χ2v) is 5.33. The minimum Gasteiger partial charge on any atom is -0.329 e. The molecule has 5 heteroatoms. The van der Waals surface area contributed by atoms with Gasteiger partial charge < -0.3 is 10.2 Å². The van der Waals surface area contributed by atoms with Gasteiger partial charge in [-0.1, -0.05) is 19.1 Å². The zero-order valence-electron chi connectivity index (χ0n) is 13.5. The van der Waals surface area contributed by atoms with Crippen molar-refractivity contribution in [1.82, 2.24) is 9.88 Å². The minimum absolute atomic E-state index is 0.0210. The van der Waals surface area contributed by atoms with Crippen LogP contribution >= 0.6 is 0 Å². The highest BCUT2D eigenvalue weighted by Gasteiger charge is 2.14. The van der Waals surface area contributed by atoms with Crippen molar-refractivity contribution in [2.75, 3.05) is 11.9 Å². The Morgan fingerprint density at radius 2 is 1.70 bits per heavy atom. The Morgan fingerprint density at radius 3 is 2.26 bits per heavy atom. The monoisotopic (exact) mass is 311 g/mol. The first kappa shape index (κ1) is 16.7. The standard InChI is InChI=1S/C18H21N3O2/c1-3-15-4-6-17(7-5-15)20-18(23)13-21(14(2)22)12-16-8-10-19-11-9-16/h4-11H,3,12-13H2,1-2H3,(H,20,23). The maximum Gasteiger partial charge on any atom is 0.244 e. The topological polar surface area (TPSA) is 62.3 Å². The van der Waals surface area contributed by atoms with Crippen LogP contribution in [0, 0.1) is 0 Å². The number of pyridine rings is 1. The summed E-state index contributed by atoms with van der Waals surface area (Å²) in [6.45, 7) is 3.95. The third kappa shape index (κ3) is 5.21. The number of carbonyl (C=O) groups excluding carboxylic acids is 2. The van der Waals surface area contributed by atoms with Crippen LogP contribution in [0.2, 0.25) is 0 Å². The summed E-state index contributed by atoms with van der Waals surface area (Å²) >= 11 is 0. The fourth-order valence-corrected chi connectivity index (χ4v) is 2.18. The summed E-state index contributed by atoms with van der Waals surface area (Å²) in [4.78, 5) is 29.4. The molecule has 1 aromatic carbocycles. The highest BCUT2D eigenvalue weighted by molar-refractivity contribution is 5.94. The van der Waals surface area contributed by atoms with E-state index in [0.29, 0.717) is 6.54 Å². The first-order chi connectivity index (χ1) is 11.1. The van der Waals surface area contributed by atoms with Gasteiger partial charge in [0, 0.05) is 31.5 Å². The van der Waals surface area contributed by atoms with Crippen LogP contribution in [0.25, 0.3) is 0 Å². The summed E-state index contributed by atoms with van der Waals surface area (Å²) in [5.41, 5.74) is 2.89. The van der Waals surface area contributed by atoms with E-state index >= 15 is 0 Å². The smallest absolute Gasteiger partial charge is 0.244 e. The summed E-state index contributed by atoms with van der Waals surface area (Å²) in [6.07, 6.45) is 4.30. The van der Waals surface area contributed by atoms with E-state index in [2.05, 4.69) is 17.2 Å². The molecular formula is C18H21N3O2. The Kier molecular flexibility index (Phi) is 5.86. The molecule has 0 atom stereocenters. The molecule has 0 fully saturated rings. The van der Waals surface area contributed by atoms with Crippen LogP contribution < -0.4 is 5.32 Å². The number of aromatic nitrogens is 1. The third-order valence-electron chi connectivity index (χ3n) is 3.55. The van der Waals surface area contributed by atoms with E-state index in [9.17, 15) is 9.59 Å². The molecule has 0 aliphatic rings. The van der Waals surface area contributed by atoms with Crippen molar-refractivity contribution >= 4 is 17.5 Å². The van der Waals surface area contributed by atoms with Crippen molar-refractivity contribution in [1.29, 1.82) is 0 Å². The summed E-state index contributed by atoms with van der Waals surface area (Å²) in [5.74, 6) is -0.350. The molecule has 0 spiro atoms. The molecule has 23 heavy (non-hydrogen) atoms. The Morgan fingerprint density at radius 1 is 1.04 bits per heavy atom. The highest BCUT2D eigenvalue weighted by Crippen LogP contribution is 2.10. The first-order valence-corrected chi connectivity index (χ1v) is 7.61. The number of nitrogens with one attached hydrogen (secondary N) is 1. The fraction of sp³-hybridized carbons (Fsp3) is 0.278. The number of nitrogens with zero attached hydrogens (tertiary/aromatic N) is 2. The molecule has 2 aromatic rings. The minimum atomic E-state index is -0.210. The Labute approximate surface area is 136 Å². The quantitative estimate of drug-likeness (QED) is 0.892. The SMILES string of the molecule is CCc1ccc(NC(=O)CN(Cc2ccncc2)C(C)=O)cc1. The maximum absolute atomic E-state index is 12.2. The van der Waals surface area contributed by atoms with Crippen LogP contribution in [0.1, 0.15) is 25.0 Å². The van der Waals surface area contributed by atoms with Crippen LogP contribution in [-0.2, 0) is 22.6 Å². The molecule has 1 heterocycles. The lowest BCUT2D eigenvalue weighted by molar-refractivity contribution is -0.133. The summed E-state index contributed by atoms with van der Waals surface area (Å²) in [5, 5.41) is 2.82. The van der Waals surface area contributed by atoms with Crippen molar-refractivity contribution in [3.05, 3.63) is 59.9 Å².